The van der Waals surface area contributed by atoms with Crippen LogP contribution in [0.5, 0.6) is 5.75 Å². The predicted molar refractivity (Wildman–Crippen MR) is 89.3 cm³/mol. The fourth-order valence-corrected chi connectivity index (χ4v) is 3.38. The fourth-order valence-electron chi connectivity index (χ4n) is 3.38. The quantitative estimate of drug-likeness (QED) is 0.916. The molecule has 1 aliphatic heterocycles. The van der Waals surface area contributed by atoms with Crippen LogP contribution in [0.15, 0.2) is 36.4 Å². The Morgan fingerprint density at radius 2 is 2.04 bits per heavy atom. The van der Waals surface area contributed by atoms with E-state index in [-0.39, 0.29) is 18.1 Å². The molecular weight excluding hydrogens is 292 g/mol. The van der Waals surface area contributed by atoms with Gasteiger partial charge in [-0.1, -0.05) is 30.3 Å². The summed E-state index contributed by atoms with van der Waals surface area (Å²) in [5.41, 5.74) is 6.65. The third kappa shape index (κ3) is 3.02. The highest BCUT2D eigenvalue weighted by Crippen LogP contribution is 2.31. The molecule has 1 aliphatic rings. The summed E-state index contributed by atoms with van der Waals surface area (Å²) in [7, 11) is 3.34. The van der Waals surface area contributed by atoms with Crippen molar-refractivity contribution in [1.82, 2.24) is 4.90 Å². The monoisotopic (exact) mass is 314 g/mol. The number of primary amides is 1. The molecular formula is C18H22N2O3. The highest BCUT2D eigenvalue weighted by molar-refractivity contribution is 5.88. The molecule has 0 aromatic heterocycles. The predicted octanol–water partition coefficient (Wildman–Crippen LogP) is 1.92. The van der Waals surface area contributed by atoms with Crippen molar-refractivity contribution in [3.05, 3.63) is 42.0 Å². The number of methoxy groups -OCH3 is 2. The number of carbonyl (C=O) groups excluding carboxylic acids is 1. The summed E-state index contributed by atoms with van der Waals surface area (Å²) in [5.74, 6) is 0.525. The summed E-state index contributed by atoms with van der Waals surface area (Å²) in [6, 6.07) is 11.9. The normalized spacial score (nSPS) is 21.7. The molecule has 2 aromatic rings. The molecule has 0 bridgehead atoms. The number of hydrogen-bond acceptors (Lipinski definition) is 4. The first-order valence-corrected chi connectivity index (χ1v) is 7.74. The number of nitrogens with zero attached hydrogens (tertiary/aromatic N) is 1. The molecule has 0 aliphatic carbocycles. The lowest BCUT2D eigenvalue weighted by Crippen LogP contribution is -2.39. The summed E-state index contributed by atoms with van der Waals surface area (Å²) in [4.78, 5) is 13.9. The van der Waals surface area contributed by atoms with Gasteiger partial charge in [-0.15, -0.1) is 0 Å². The summed E-state index contributed by atoms with van der Waals surface area (Å²) in [6.07, 6.45) is 0.673. The van der Waals surface area contributed by atoms with Crippen molar-refractivity contribution >= 4 is 16.7 Å². The lowest BCUT2D eigenvalue weighted by atomic mass is 10.0. The molecule has 2 atom stereocenters. The van der Waals surface area contributed by atoms with Crippen LogP contribution in [0.4, 0.5) is 0 Å². The number of ether oxygens (including phenoxy) is 2. The maximum absolute atomic E-state index is 11.8. The fraction of sp³-hybridized carbons (Fsp3) is 0.389. The number of fused-ring (bicyclic) bond motifs is 1. The van der Waals surface area contributed by atoms with Gasteiger partial charge < -0.3 is 15.2 Å². The molecule has 0 saturated carbocycles. The lowest BCUT2D eigenvalue weighted by Gasteiger charge is -2.23. The van der Waals surface area contributed by atoms with Crippen LogP contribution in [0.2, 0.25) is 0 Å². The second kappa shape index (κ2) is 6.56. The molecule has 1 fully saturated rings. The van der Waals surface area contributed by atoms with Gasteiger partial charge in [0.05, 0.1) is 19.3 Å². The average Bonchev–Trinajstić information content (AvgIpc) is 2.98. The molecule has 1 heterocycles. The molecule has 0 radical (unpaired) electrons. The standard InChI is InChI=1S/C18H22N2O3/c1-22-13-9-16(18(19)21)20(10-13)11-15-14-6-4-3-5-12(14)7-8-17(15)23-2/h3-8,13,16H,9-11H2,1-2H3,(H2,19,21)/t13-,16-/m0/s1. The Hall–Kier alpha value is -2.11. The van der Waals surface area contributed by atoms with Crippen LogP contribution in [0, 0.1) is 0 Å². The van der Waals surface area contributed by atoms with E-state index in [4.69, 9.17) is 15.2 Å². The minimum absolute atomic E-state index is 0.0356. The number of likely N-dealkylation sites (tertiary alicyclic amines) is 1. The molecule has 1 saturated heterocycles. The Morgan fingerprint density at radius 3 is 2.74 bits per heavy atom. The van der Waals surface area contributed by atoms with E-state index < -0.39 is 0 Å². The van der Waals surface area contributed by atoms with Gasteiger partial charge in [-0.05, 0) is 23.3 Å². The van der Waals surface area contributed by atoms with E-state index >= 15 is 0 Å². The molecule has 23 heavy (non-hydrogen) atoms. The van der Waals surface area contributed by atoms with Crippen molar-refractivity contribution in [1.29, 1.82) is 0 Å². The Labute approximate surface area is 136 Å². The molecule has 0 unspecified atom stereocenters. The van der Waals surface area contributed by atoms with Gasteiger partial charge in [-0.2, -0.15) is 0 Å². The summed E-state index contributed by atoms with van der Waals surface area (Å²) in [5, 5.41) is 2.29. The second-order valence-electron chi connectivity index (χ2n) is 5.91. The Morgan fingerprint density at radius 1 is 1.26 bits per heavy atom. The molecule has 122 valence electrons. The van der Waals surface area contributed by atoms with Gasteiger partial charge in [0.2, 0.25) is 5.91 Å². The summed E-state index contributed by atoms with van der Waals surface area (Å²) >= 11 is 0. The van der Waals surface area contributed by atoms with Crippen molar-refractivity contribution in [2.45, 2.75) is 25.1 Å². The zero-order valence-electron chi connectivity index (χ0n) is 13.5. The van der Waals surface area contributed by atoms with E-state index in [1.165, 1.54) is 0 Å². The van der Waals surface area contributed by atoms with Crippen LogP contribution in [-0.2, 0) is 16.1 Å². The largest absolute Gasteiger partial charge is 0.496 e. The number of amides is 1. The highest BCUT2D eigenvalue weighted by atomic mass is 16.5. The topological polar surface area (TPSA) is 64.8 Å². The van der Waals surface area contributed by atoms with E-state index in [0.29, 0.717) is 19.5 Å². The zero-order valence-corrected chi connectivity index (χ0v) is 13.5. The first-order valence-electron chi connectivity index (χ1n) is 7.74. The number of benzene rings is 2. The van der Waals surface area contributed by atoms with E-state index in [2.05, 4.69) is 17.0 Å². The molecule has 0 spiro atoms. The van der Waals surface area contributed by atoms with Crippen LogP contribution >= 0.6 is 0 Å². The minimum Gasteiger partial charge on any atom is -0.496 e. The van der Waals surface area contributed by atoms with E-state index in [9.17, 15) is 4.79 Å². The van der Waals surface area contributed by atoms with Gasteiger partial charge >= 0.3 is 0 Å². The molecule has 1 amide bonds. The molecule has 2 N–H and O–H groups in total. The van der Waals surface area contributed by atoms with Crippen molar-refractivity contribution in [3.63, 3.8) is 0 Å². The molecule has 3 rings (SSSR count). The second-order valence-corrected chi connectivity index (χ2v) is 5.91. The van der Waals surface area contributed by atoms with Crippen LogP contribution in [0.3, 0.4) is 0 Å². The molecule has 2 aromatic carbocycles. The SMILES string of the molecule is COc1ccc2ccccc2c1CN1C[C@@H](OC)C[C@H]1C(N)=O. The van der Waals surface area contributed by atoms with Gasteiger partial charge in [0.25, 0.3) is 0 Å². The van der Waals surface area contributed by atoms with Crippen LogP contribution in [0.25, 0.3) is 10.8 Å². The maximum atomic E-state index is 11.8. The highest BCUT2D eigenvalue weighted by Gasteiger charge is 2.36. The van der Waals surface area contributed by atoms with Crippen LogP contribution in [-0.4, -0.2) is 43.7 Å². The van der Waals surface area contributed by atoms with Gasteiger partial charge in [0, 0.05) is 25.8 Å². The number of carbonyl (C=O) groups is 1. The first kappa shape index (κ1) is 15.8. The van der Waals surface area contributed by atoms with Crippen molar-refractivity contribution < 1.29 is 14.3 Å². The van der Waals surface area contributed by atoms with E-state index in [0.717, 1.165) is 22.1 Å². The maximum Gasteiger partial charge on any atom is 0.234 e. The van der Waals surface area contributed by atoms with E-state index in [1.807, 2.05) is 24.3 Å². The average molecular weight is 314 g/mol. The first-order chi connectivity index (χ1) is 11.1. The zero-order chi connectivity index (χ0) is 16.4. The van der Waals surface area contributed by atoms with Crippen LogP contribution in [0.1, 0.15) is 12.0 Å². The molecule has 5 heteroatoms. The number of rotatable bonds is 5. The Kier molecular flexibility index (Phi) is 4.50. The van der Waals surface area contributed by atoms with Crippen molar-refractivity contribution in [3.8, 4) is 5.75 Å². The Balaban J connectivity index is 1.98. The van der Waals surface area contributed by atoms with Gasteiger partial charge in [0.1, 0.15) is 5.75 Å². The number of nitrogens with two attached hydrogens (primary N) is 1. The lowest BCUT2D eigenvalue weighted by molar-refractivity contribution is -0.122. The van der Waals surface area contributed by atoms with Gasteiger partial charge in [-0.25, -0.2) is 0 Å². The molecule has 5 nitrogen and oxygen atoms in total. The van der Waals surface area contributed by atoms with Crippen molar-refractivity contribution in [2.75, 3.05) is 20.8 Å². The van der Waals surface area contributed by atoms with Crippen LogP contribution < -0.4 is 10.5 Å². The van der Waals surface area contributed by atoms with Gasteiger partial charge in [-0.3, -0.25) is 9.69 Å². The Bertz CT molecular complexity index is 716. The minimum atomic E-state index is -0.302. The van der Waals surface area contributed by atoms with Crippen molar-refractivity contribution in [2.24, 2.45) is 5.73 Å². The van der Waals surface area contributed by atoms with E-state index in [1.54, 1.807) is 14.2 Å². The third-order valence-electron chi connectivity index (χ3n) is 4.61. The number of hydrogen-bond donors (Lipinski definition) is 1. The van der Waals surface area contributed by atoms with Gasteiger partial charge in [0.15, 0.2) is 0 Å². The smallest absolute Gasteiger partial charge is 0.234 e. The third-order valence-corrected chi connectivity index (χ3v) is 4.61. The summed E-state index contributed by atoms with van der Waals surface area (Å²) < 4.78 is 11.0. The summed E-state index contributed by atoms with van der Waals surface area (Å²) in [6.45, 7) is 1.30.